The van der Waals surface area contributed by atoms with E-state index >= 15 is 0 Å². The lowest BCUT2D eigenvalue weighted by atomic mass is 9.96. The van der Waals surface area contributed by atoms with Gasteiger partial charge in [0.1, 0.15) is 17.7 Å². The van der Waals surface area contributed by atoms with Gasteiger partial charge in [0.25, 0.3) is 0 Å². The molecule has 0 fully saturated rings. The maximum Gasteiger partial charge on any atom is 0.177 e. The van der Waals surface area contributed by atoms with Crippen LogP contribution in [0.1, 0.15) is 29.4 Å². The molecule has 2 aromatic carbocycles. The Morgan fingerprint density at radius 1 is 0.926 bits per heavy atom. The van der Waals surface area contributed by atoms with Crippen molar-refractivity contribution in [2.75, 3.05) is 0 Å². The summed E-state index contributed by atoms with van der Waals surface area (Å²) in [6.45, 7) is 5.86. The first kappa shape index (κ1) is 16.4. The summed E-state index contributed by atoms with van der Waals surface area (Å²) in [5, 5.41) is 21.2. The lowest BCUT2D eigenvalue weighted by molar-refractivity contribution is 1.21. The SMILES string of the molecule is C=Cc1cc2c(cc1/C=C\C)c1nc(C#N)c(C#N)nc1c1cccnc21. The Bertz CT molecular complexity index is 1370. The Labute approximate surface area is 155 Å². The van der Waals surface area contributed by atoms with E-state index in [0.717, 1.165) is 32.8 Å². The number of aromatic nitrogens is 3. The number of hydrogen-bond donors (Lipinski definition) is 0. The van der Waals surface area contributed by atoms with Gasteiger partial charge < -0.3 is 0 Å². The Morgan fingerprint density at radius 2 is 1.56 bits per heavy atom. The van der Waals surface area contributed by atoms with Crippen molar-refractivity contribution < 1.29 is 0 Å². The minimum absolute atomic E-state index is 0.0193. The molecule has 0 aliphatic heterocycles. The van der Waals surface area contributed by atoms with Crippen LogP contribution in [0, 0.1) is 22.7 Å². The number of hydrogen-bond acceptors (Lipinski definition) is 5. The maximum absolute atomic E-state index is 9.37. The lowest BCUT2D eigenvalue weighted by Crippen LogP contribution is -1.98. The second-order valence-electron chi connectivity index (χ2n) is 5.97. The molecular formula is C22H13N5. The number of rotatable bonds is 2. The van der Waals surface area contributed by atoms with Crippen LogP contribution in [0.5, 0.6) is 0 Å². The second kappa shape index (κ2) is 6.33. The number of nitriles is 2. The number of fused-ring (bicyclic) bond motifs is 6. The molecule has 0 aliphatic carbocycles. The highest BCUT2D eigenvalue weighted by molar-refractivity contribution is 6.22. The summed E-state index contributed by atoms with van der Waals surface area (Å²) in [7, 11) is 0. The highest BCUT2D eigenvalue weighted by atomic mass is 14.8. The van der Waals surface area contributed by atoms with E-state index < -0.39 is 0 Å². The van der Waals surface area contributed by atoms with E-state index in [1.54, 1.807) is 12.3 Å². The first-order valence-electron chi connectivity index (χ1n) is 8.33. The van der Waals surface area contributed by atoms with Crippen molar-refractivity contribution in [3.05, 3.63) is 65.6 Å². The van der Waals surface area contributed by atoms with Gasteiger partial charge in [0.05, 0.1) is 11.0 Å². The average molecular weight is 347 g/mol. The van der Waals surface area contributed by atoms with Gasteiger partial charge in [0, 0.05) is 22.4 Å². The summed E-state index contributed by atoms with van der Waals surface area (Å²) in [5.74, 6) is 0. The molecule has 5 nitrogen and oxygen atoms in total. The van der Waals surface area contributed by atoms with E-state index in [0.29, 0.717) is 11.0 Å². The zero-order chi connectivity index (χ0) is 19.0. The molecule has 4 rings (SSSR count). The van der Waals surface area contributed by atoms with Gasteiger partial charge in [-0.1, -0.05) is 24.8 Å². The quantitative estimate of drug-likeness (QED) is 0.488. The predicted octanol–water partition coefficient (Wildman–Crippen LogP) is 4.75. The first-order chi connectivity index (χ1) is 13.2. The lowest BCUT2D eigenvalue weighted by Gasteiger charge is -2.11. The fourth-order valence-corrected chi connectivity index (χ4v) is 3.30. The van der Waals surface area contributed by atoms with Crippen molar-refractivity contribution in [1.29, 1.82) is 10.5 Å². The van der Waals surface area contributed by atoms with Crippen LogP contribution in [0.3, 0.4) is 0 Å². The molecule has 0 saturated heterocycles. The topological polar surface area (TPSA) is 86.2 Å². The van der Waals surface area contributed by atoms with E-state index in [-0.39, 0.29) is 11.4 Å². The average Bonchev–Trinajstić information content (AvgIpc) is 2.72. The van der Waals surface area contributed by atoms with Crippen molar-refractivity contribution in [2.24, 2.45) is 0 Å². The first-order valence-corrected chi connectivity index (χ1v) is 8.33. The van der Waals surface area contributed by atoms with Crippen molar-refractivity contribution in [1.82, 2.24) is 15.0 Å². The Hall–Kier alpha value is -4.09. The van der Waals surface area contributed by atoms with Crippen molar-refractivity contribution in [2.45, 2.75) is 6.92 Å². The molecule has 0 atom stereocenters. The zero-order valence-corrected chi connectivity index (χ0v) is 14.6. The van der Waals surface area contributed by atoms with Crippen LogP contribution < -0.4 is 0 Å². The van der Waals surface area contributed by atoms with Crippen molar-refractivity contribution >= 4 is 44.9 Å². The smallest absolute Gasteiger partial charge is 0.177 e. The van der Waals surface area contributed by atoms with E-state index in [2.05, 4.69) is 21.5 Å². The number of pyridine rings is 1. The molecule has 0 unspecified atom stereocenters. The van der Waals surface area contributed by atoms with E-state index in [9.17, 15) is 10.5 Å². The molecule has 5 heteroatoms. The van der Waals surface area contributed by atoms with Gasteiger partial charge in [-0.2, -0.15) is 10.5 Å². The zero-order valence-electron chi connectivity index (χ0n) is 14.6. The van der Waals surface area contributed by atoms with Crippen molar-refractivity contribution in [3.8, 4) is 12.1 Å². The molecule has 0 aliphatic rings. The minimum Gasteiger partial charge on any atom is -0.256 e. The van der Waals surface area contributed by atoms with Gasteiger partial charge in [0.15, 0.2) is 11.4 Å². The summed E-state index contributed by atoms with van der Waals surface area (Å²) >= 11 is 0. The Kier molecular flexibility index (Phi) is 3.84. The molecule has 4 aromatic rings. The van der Waals surface area contributed by atoms with Crippen molar-refractivity contribution in [3.63, 3.8) is 0 Å². The van der Waals surface area contributed by atoms with E-state index in [1.807, 2.05) is 55.5 Å². The Morgan fingerprint density at radius 3 is 2.19 bits per heavy atom. The fourth-order valence-electron chi connectivity index (χ4n) is 3.30. The van der Waals surface area contributed by atoms with Gasteiger partial charge in [-0.25, -0.2) is 9.97 Å². The van der Waals surface area contributed by atoms with E-state index in [1.165, 1.54) is 0 Å². The van der Waals surface area contributed by atoms with Gasteiger partial charge in [0.2, 0.25) is 0 Å². The molecule has 0 N–H and O–H groups in total. The molecule has 2 heterocycles. The van der Waals surface area contributed by atoms with Crippen LogP contribution in [-0.4, -0.2) is 15.0 Å². The normalized spacial score (nSPS) is 11.1. The fraction of sp³-hybridized carbons (Fsp3) is 0.0455. The number of allylic oxidation sites excluding steroid dienone is 1. The van der Waals surface area contributed by atoms with Gasteiger partial charge in [-0.15, -0.1) is 0 Å². The Balaban J connectivity index is 2.34. The van der Waals surface area contributed by atoms with Crippen LogP contribution in [0.4, 0.5) is 0 Å². The standard InChI is InChI=1S/C22H13N5/c1-3-6-14-10-17-16(9-13(14)4-2)20-15(7-5-8-25-20)21-22(17)27-19(12-24)18(11-23)26-21/h3-10H,2H2,1H3/b6-3-. The molecule has 126 valence electrons. The predicted molar refractivity (Wildman–Crippen MR) is 107 cm³/mol. The summed E-state index contributed by atoms with van der Waals surface area (Å²) in [6, 6.07) is 11.7. The molecule has 0 radical (unpaired) electrons. The molecule has 0 saturated carbocycles. The summed E-state index contributed by atoms with van der Waals surface area (Å²) in [4.78, 5) is 13.5. The molecule has 0 spiro atoms. The summed E-state index contributed by atoms with van der Waals surface area (Å²) in [6.07, 6.45) is 7.48. The monoisotopic (exact) mass is 347 g/mol. The summed E-state index contributed by atoms with van der Waals surface area (Å²) < 4.78 is 0. The number of benzene rings is 2. The van der Waals surface area contributed by atoms with Crippen LogP contribution in [0.2, 0.25) is 0 Å². The minimum atomic E-state index is 0.0193. The van der Waals surface area contributed by atoms with Crippen LogP contribution in [0.15, 0.2) is 43.1 Å². The second-order valence-corrected chi connectivity index (χ2v) is 5.97. The largest absolute Gasteiger partial charge is 0.256 e. The maximum atomic E-state index is 9.37. The third-order valence-electron chi connectivity index (χ3n) is 4.47. The number of nitrogens with zero attached hydrogens (tertiary/aromatic N) is 5. The molecule has 27 heavy (non-hydrogen) atoms. The van der Waals surface area contributed by atoms with Crippen LogP contribution >= 0.6 is 0 Å². The molecule has 2 aromatic heterocycles. The van der Waals surface area contributed by atoms with Crippen LogP contribution in [-0.2, 0) is 0 Å². The summed E-state index contributed by atoms with van der Waals surface area (Å²) in [5.41, 5.74) is 3.94. The van der Waals surface area contributed by atoms with Gasteiger partial charge in [-0.05, 0) is 42.3 Å². The molecule has 0 amide bonds. The van der Waals surface area contributed by atoms with Gasteiger partial charge >= 0.3 is 0 Å². The highest BCUT2D eigenvalue weighted by Crippen LogP contribution is 2.34. The van der Waals surface area contributed by atoms with Crippen LogP contribution in [0.25, 0.3) is 44.9 Å². The van der Waals surface area contributed by atoms with Gasteiger partial charge in [-0.3, -0.25) is 4.98 Å². The third kappa shape index (κ3) is 2.42. The molecular weight excluding hydrogens is 334 g/mol. The molecule has 0 bridgehead atoms. The van der Waals surface area contributed by atoms with E-state index in [4.69, 9.17) is 0 Å². The highest BCUT2D eigenvalue weighted by Gasteiger charge is 2.16. The third-order valence-corrected chi connectivity index (χ3v) is 4.47.